The number of hydrogen-bond acceptors (Lipinski definition) is 2. The first-order valence-electron chi connectivity index (χ1n) is 6.19. The smallest absolute Gasteiger partial charge is 0.123 e. The normalized spacial score (nSPS) is 12.8. The average Bonchev–Trinajstić information content (AvgIpc) is 2.30. The van der Waals surface area contributed by atoms with Crippen LogP contribution in [0, 0.1) is 0 Å². The summed E-state index contributed by atoms with van der Waals surface area (Å²) < 4.78 is 7.17. The molecule has 1 aromatic rings. The van der Waals surface area contributed by atoms with Gasteiger partial charge in [0.1, 0.15) is 11.9 Å². The molecule has 0 bridgehead atoms. The van der Waals surface area contributed by atoms with Gasteiger partial charge in [0.25, 0.3) is 0 Å². The lowest BCUT2D eigenvalue weighted by molar-refractivity contribution is 0.194. The molecule has 0 spiro atoms. The molecule has 2 nitrogen and oxygen atoms in total. The zero-order valence-corrected chi connectivity index (χ0v) is 12.7. The van der Waals surface area contributed by atoms with Crippen molar-refractivity contribution in [2.75, 3.05) is 13.6 Å². The number of ether oxygens (including phenoxy) is 1. The summed E-state index contributed by atoms with van der Waals surface area (Å²) in [7, 11) is 1.96. The van der Waals surface area contributed by atoms with Gasteiger partial charge in [-0.1, -0.05) is 36.7 Å². The van der Waals surface area contributed by atoms with Gasteiger partial charge in [0.2, 0.25) is 0 Å². The molecular formula is C14H22BrNO. The maximum Gasteiger partial charge on any atom is 0.123 e. The number of benzene rings is 1. The molecule has 3 heteroatoms. The van der Waals surface area contributed by atoms with Crippen LogP contribution in [0.4, 0.5) is 0 Å². The van der Waals surface area contributed by atoms with Gasteiger partial charge in [-0.05, 0) is 43.1 Å². The van der Waals surface area contributed by atoms with Crippen LogP contribution in [0.2, 0.25) is 0 Å². The van der Waals surface area contributed by atoms with Crippen LogP contribution in [0.25, 0.3) is 0 Å². The molecule has 0 aliphatic heterocycles. The molecule has 0 radical (unpaired) electrons. The predicted octanol–water partition coefficient (Wildman–Crippen LogP) is 3.95. The van der Waals surface area contributed by atoms with Crippen LogP contribution >= 0.6 is 15.9 Å². The van der Waals surface area contributed by atoms with E-state index in [0.29, 0.717) is 5.92 Å². The largest absolute Gasteiger partial charge is 0.489 e. The molecule has 1 rings (SSSR count). The van der Waals surface area contributed by atoms with Crippen LogP contribution < -0.4 is 10.1 Å². The van der Waals surface area contributed by atoms with Crippen molar-refractivity contribution in [3.05, 3.63) is 28.2 Å². The number of hydrogen-bond donors (Lipinski definition) is 1. The maximum atomic E-state index is 6.07. The second kappa shape index (κ2) is 7.02. The monoisotopic (exact) mass is 299 g/mol. The van der Waals surface area contributed by atoms with Gasteiger partial charge in [0.15, 0.2) is 0 Å². The van der Waals surface area contributed by atoms with Gasteiger partial charge >= 0.3 is 0 Å². The SMILES string of the molecule is CCC(CNC)Oc1ccc(Br)cc1C(C)C. The Morgan fingerprint density at radius 3 is 2.59 bits per heavy atom. The lowest BCUT2D eigenvalue weighted by Gasteiger charge is -2.21. The van der Waals surface area contributed by atoms with Crippen LogP contribution in [-0.2, 0) is 0 Å². The summed E-state index contributed by atoms with van der Waals surface area (Å²) in [5.41, 5.74) is 1.26. The van der Waals surface area contributed by atoms with Crippen molar-refractivity contribution in [2.45, 2.75) is 39.2 Å². The van der Waals surface area contributed by atoms with Crippen molar-refractivity contribution in [2.24, 2.45) is 0 Å². The van der Waals surface area contributed by atoms with E-state index in [1.807, 2.05) is 13.1 Å². The van der Waals surface area contributed by atoms with Crippen LogP contribution in [-0.4, -0.2) is 19.7 Å². The number of nitrogens with one attached hydrogen (secondary N) is 1. The number of likely N-dealkylation sites (N-methyl/N-ethyl adjacent to an activating group) is 1. The van der Waals surface area contributed by atoms with E-state index >= 15 is 0 Å². The first-order chi connectivity index (χ1) is 8.08. The van der Waals surface area contributed by atoms with Crippen molar-refractivity contribution < 1.29 is 4.74 Å². The highest BCUT2D eigenvalue weighted by Crippen LogP contribution is 2.30. The van der Waals surface area contributed by atoms with Crippen molar-refractivity contribution in [3.8, 4) is 5.75 Å². The molecule has 0 saturated heterocycles. The van der Waals surface area contributed by atoms with E-state index in [0.717, 1.165) is 23.2 Å². The number of halogens is 1. The highest BCUT2D eigenvalue weighted by atomic mass is 79.9. The minimum atomic E-state index is 0.235. The highest BCUT2D eigenvalue weighted by Gasteiger charge is 2.12. The second-order valence-electron chi connectivity index (χ2n) is 4.54. The second-order valence-corrected chi connectivity index (χ2v) is 5.46. The van der Waals surface area contributed by atoms with Crippen molar-refractivity contribution in [1.82, 2.24) is 5.32 Å². The van der Waals surface area contributed by atoms with E-state index in [4.69, 9.17) is 4.74 Å². The van der Waals surface area contributed by atoms with Crippen LogP contribution in [0.5, 0.6) is 5.75 Å². The van der Waals surface area contributed by atoms with Crippen LogP contribution in [0.3, 0.4) is 0 Å². The first kappa shape index (κ1) is 14.5. The fraction of sp³-hybridized carbons (Fsp3) is 0.571. The standard InChI is InChI=1S/C14H22BrNO/c1-5-12(9-16-4)17-14-7-6-11(15)8-13(14)10(2)3/h6-8,10,12,16H,5,9H2,1-4H3. The molecule has 0 amide bonds. The van der Waals surface area contributed by atoms with Crippen LogP contribution in [0.15, 0.2) is 22.7 Å². The Bertz CT molecular complexity index is 352. The van der Waals surface area contributed by atoms with E-state index in [9.17, 15) is 0 Å². The summed E-state index contributed by atoms with van der Waals surface area (Å²) >= 11 is 3.51. The fourth-order valence-corrected chi connectivity index (χ4v) is 2.13. The Morgan fingerprint density at radius 2 is 2.06 bits per heavy atom. The summed E-state index contributed by atoms with van der Waals surface area (Å²) in [6.07, 6.45) is 1.24. The molecule has 0 saturated carbocycles. The third-order valence-corrected chi connectivity index (χ3v) is 3.27. The van der Waals surface area contributed by atoms with Crippen molar-refractivity contribution >= 4 is 15.9 Å². The molecule has 1 aromatic carbocycles. The minimum Gasteiger partial charge on any atom is -0.489 e. The summed E-state index contributed by atoms with van der Waals surface area (Å²) in [5, 5.41) is 3.16. The van der Waals surface area contributed by atoms with Gasteiger partial charge in [-0.25, -0.2) is 0 Å². The van der Waals surface area contributed by atoms with Crippen molar-refractivity contribution in [1.29, 1.82) is 0 Å². The van der Waals surface area contributed by atoms with Gasteiger partial charge in [0.05, 0.1) is 0 Å². The average molecular weight is 300 g/mol. The highest BCUT2D eigenvalue weighted by molar-refractivity contribution is 9.10. The molecule has 96 valence electrons. The molecule has 0 heterocycles. The zero-order valence-electron chi connectivity index (χ0n) is 11.1. The Hall–Kier alpha value is -0.540. The Labute approximate surface area is 113 Å². The summed E-state index contributed by atoms with van der Waals surface area (Å²) in [6.45, 7) is 7.40. The minimum absolute atomic E-state index is 0.235. The molecule has 1 unspecified atom stereocenters. The van der Waals surface area contributed by atoms with E-state index < -0.39 is 0 Å². The van der Waals surface area contributed by atoms with E-state index in [2.05, 4.69) is 54.2 Å². The van der Waals surface area contributed by atoms with Gasteiger partial charge < -0.3 is 10.1 Å². The lowest BCUT2D eigenvalue weighted by atomic mass is 10.0. The first-order valence-corrected chi connectivity index (χ1v) is 6.98. The lowest BCUT2D eigenvalue weighted by Crippen LogP contribution is -2.28. The molecular weight excluding hydrogens is 278 g/mol. The number of rotatable bonds is 6. The topological polar surface area (TPSA) is 21.3 Å². The Morgan fingerprint density at radius 1 is 1.35 bits per heavy atom. The van der Waals surface area contributed by atoms with Gasteiger partial charge in [-0.15, -0.1) is 0 Å². The molecule has 0 aromatic heterocycles. The molecule has 1 N–H and O–H groups in total. The molecule has 17 heavy (non-hydrogen) atoms. The van der Waals surface area contributed by atoms with Gasteiger partial charge in [-0.2, -0.15) is 0 Å². The van der Waals surface area contributed by atoms with Gasteiger partial charge in [0, 0.05) is 11.0 Å². The van der Waals surface area contributed by atoms with E-state index in [1.165, 1.54) is 5.56 Å². The third kappa shape index (κ3) is 4.32. The molecule has 0 fully saturated rings. The maximum absolute atomic E-state index is 6.07. The summed E-state index contributed by atoms with van der Waals surface area (Å²) in [4.78, 5) is 0. The molecule has 1 atom stereocenters. The Balaban J connectivity index is 2.88. The molecule has 0 aliphatic rings. The van der Waals surface area contributed by atoms with Crippen LogP contribution in [0.1, 0.15) is 38.7 Å². The van der Waals surface area contributed by atoms with E-state index in [-0.39, 0.29) is 6.10 Å². The zero-order chi connectivity index (χ0) is 12.8. The third-order valence-electron chi connectivity index (χ3n) is 2.77. The summed E-state index contributed by atoms with van der Waals surface area (Å²) in [5.74, 6) is 1.47. The van der Waals surface area contributed by atoms with Gasteiger partial charge in [-0.3, -0.25) is 0 Å². The quantitative estimate of drug-likeness (QED) is 0.859. The van der Waals surface area contributed by atoms with Crippen molar-refractivity contribution in [3.63, 3.8) is 0 Å². The Kier molecular flexibility index (Phi) is 6.00. The summed E-state index contributed by atoms with van der Waals surface area (Å²) in [6, 6.07) is 6.23. The fourth-order valence-electron chi connectivity index (χ4n) is 1.75. The van der Waals surface area contributed by atoms with E-state index in [1.54, 1.807) is 0 Å². The molecule has 0 aliphatic carbocycles. The predicted molar refractivity (Wildman–Crippen MR) is 76.9 cm³/mol.